The molecule has 110 valence electrons. The first-order chi connectivity index (χ1) is 10.2. The number of benzene rings is 1. The molecule has 0 amide bonds. The smallest absolute Gasteiger partial charge is 0.316 e. The van der Waals surface area contributed by atoms with Gasteiger partial charge in [-0.05, 0) is 25.5 Å². The molecule has 0 N–H and O–H groups in total. The molecule has 0 aliphatic rings. The van der Waals surface area contributed by atoms with Gasteiger partial charge < -0.3 is 4.74 Å². The number of carbonyl (C=O) groups is 2. The Labute approximate surface area is 124 Å². The fourth-order valence-corrected chi connectivity index (χ4v) is 2.27. The maximum atomic E-state index is 12.5. The van der Waals surface area contributed by atoms with Crippen LogP contribution >= 0.6 is 0 Å². The number of aromatic nitrogens is 1. The fraction of sp³-hybridized carbons (Fsp3) is 0.353. The van der Waals surface area contributed by atoms with E-state index >= 15 is 0 Å². The standard InChI is InChI=1S/C17H19NO3/c1-3-7-13(17(20)21-4-2)16(19)15-11-10-12-8-5-6-9-14(12)18-15/h5-6,8-11,13H,3-4,7H2,1-2H3. The van der Waals surface area contributed by atoms with Crippen LogP contribution in [0.5, 0.6) is 0 Å². The zero-order valence-corrected chi connectivity index (χ0v) is 12.3. The highest BCUT2D eigenvalue weighted by Crippen LogP contribution is 2.18. The molecule has 0 fully saturated rings. The lowest BCUT2D eigenvalue weighted by atomic mass is 9.96. The highest BCUT2D eigenvalue weighted by molar-refractivity contribution is 6.08. The van der Waals surface area contributed by atoms with Crippen molar-refractivity contribution in [2.45, 2.75) is 26.7 Å². The van der Waals surface area contributed by atoms with Gasteiger partial charge in [-0.15, -0.1) is 0 Å². The number of ether oxygens (including phenoxy) is 1. The SMILES string of the molecule is CCCC(C(=O)OCC)C(=O)c1ccc2ccccc2n1. The Bertz CT molecular complexity index is 651. The summed E-state index contributed by atoms with van der Waals surface area (Å²) >= 11 is 0. The van der Waals surface area contributed by atoms with Crippen LogP contribution in [-0.2, 0) is 9.53 Å². The number of fused-ring (bicyclic) bond motifs is 1. The van der Waals surface area contributed by atoms with Gasteiger partial charge in [0.05, 0.1) is 12.1 Å². The topological polar surface area (TPSA) is 56.3 Å². The van der Waals surface area contributed by atoms with Gasteiger partial charge >= 0.3 is 5.97 Å². The van der Waals surface area contributed by atoms with Crippen LogP contribution in [0.1, 0.15) is 37.2 Å². The summed E-state index contributed by atoms with van der Waals surface area (Å²) in [6.45, 7) is 3.95. The summed E-state index contributed by atoms with van der Waals surface area (Å²) in [4.78, 5) is 28.8. The molecule has 1 aromatic carbocycles. The third-order valence-electron chi connectivity index (χ3n) is 3.32. The molecule has 4 nitrogen and oxygen atoms in total. The predicted octanol–water partition coefficient (Wildman–Crippen LogP) is 3.40. The average molecular weight is 285 g/mol. The molecule has 0 spiro atoms. The quantitative estimate of drug-likeness (QED) is 0.464. The van der Waals surface area contributed by atoms with E-state index in [1.54, 1.807) is 13.0 Å². The minimum absolute atomic E-state index is 0.263. The van der Waals surface area contributed by atoms with Crippen molar-refractivity contribution >= 4 is 22.7 Å². The number of nitrogens with zero attached hydrogens (tertiary/aromatic N) is 1. The number of pyridine rings is 1. The highest BCUT2D eigenvalue weighted by atomic mass is 16.5. The highest BCUT2D eigenvalue weighted by Gasteiger charge is 2.28. The molecule has 0 radical (unpaired) electrons. The first-order valence-corrected chi connectivity index (χ1v) is 7.24. The molecule has 0 saturated carbocycles. The molecule has 1 unspecified atom stereocenters. The van der Waals surface area contributed by atoms with Crippen molar-refractivity contribution in [3.8, 4) is 0 Å². The summed E-state index contributed by atoms with van der Waals surface area (Å²) < 4.78 is 5.00. The van der Waals surface area contributed by atoms with Crippen molar-refractivity contribution in [3.05, 3.63) is 42.1 Å². The van der Waals surface area contributed by atoms with Crippen molar-refractivity contribution in [2.24, 2.45) is 5.92 Å². The Kier molecular flexibility index (Phi) is 5.04. The van der Waals surface area contributed by atoms with Gasteiger partial charge in [0.25, 0.3) is 0 Å². The maximum absolute atomic E-state index is 12.5. The molecule has 0 saturated heterocycles. The van der Waals surface area contributed by atoms with Crippen molar-refractivity contribution < 1.29 is 14.3 Å². The van der Waals surface area contributed by atoms with E-state index in [0.29, 0.717) is 12.1 Å². The molecule has 0 aliphatic heterocycles. The van der Waals surface area contributed by atoms with E-state index in [9.17, 15) is 9.59 Å². The van der Waals surface area contributed by atoms with Crippen molar-refractivity contribution in [1.29, 1.82) is 0 Å². The summed E-state index contributed by atoms with van der Waals surface area (Å²) in [6.07, 6.45) is 1.22. The first kappa shape index (κ1) is 15.2. The summed E-state index contributed by atoms with van der Waals surface area (Å²) in [5, 5.41) is 0.970. The van der Waals surface area contributed by atoms with Gasteiger partial charge in [0.15, 0.2) is 5.78 Å². The van der Waals surface area contributed by atoms with E-state index in [4.69, 9.17) is 4.74 Å². The normalized spacial score (nSPS) is 12.1. The number of esters is 1. The summed E-state index contributed by atoms with van der Waals surface area (Å²) in [6, 6.07) is 11.1. The molecule has 0 aliphatic carbocycles. The van der Waals surface area contributed by atoms with Crippen LogP contribution in [0.3, 0.4) is 0 Å². The summed E-state index contributed by atoms with van der Waals surface area (Å²) in [5.74, 6) is -1.48. The molecular formula is C17H19NO3. The van der Waals surface area contributed by atoms with Crippen molar-refractivity contribution in [3.63, 3.8) is 0 Å². The second-order valence-corrected chi connectivity index (χ2v) is 4.85. The summed E-state index contributed by atoms with van der Waals surface area (Å²) in [7, 11) is 0. The van der Waals surface area contributed by atoms with Crippen LogP contribution in [0.25, 0.3) is 10.9 Å². The third kappa shape index (κ3) is 3.45. The average Bonchev–Trinajstić information content (AvgIpc) is 2.51. The number of ketones is 1. The van der Waals surface area contributed by atoms with Crippen LogP contribution in [-0.4, -0.2) is 23.3 Å². The Balaban J connectivity index is 2.31. The van der Waals surface area contributed by atoms with Crippen molar-refractivity contribution in [1.82, 2.24) is 4.98 Å². The molecule has 1 aromatic heterocycles. The lowest BCUT2D eigenvalue weighted by Crippen LogP contribution is -2.27. The molecule has 2 rings (SSSR count). The van der Waals surface area contributed by atoms with Gasteiger partial charge in [0, 0.05) is 5.39 Å². The Hall–Kier alpha value is -2.23. The summed E-state index contributed by atoms with van der Waals surface area (Å²) in [5.41, 5.74) is 1.07. The molecule has 1 heterocycles. The number of para-hydroxylation sites is 1. The number of hydrogen-bond donors (Lipinski definition) is 0. The van der Waals surface area contributed by atoms with Crippen molar-refractivity contribution in [2.75, 3.05) is 6.61 Å². The molecule has 1 atom stereocenters. The van der Waals surface area contributed by atoms with E-state index in [1.807, 2.05) is 37.3 Å². The van der Waals surface area contributed by atoms with Gasteiger partial charge in [-0.2, -0.15) is 0 Å². The minimum atomic E-state index is -0.761. The molecule has 21 heavy (non-hydrogen) atoms. The second kappa shape index (κ2) is 6.97. The van der Waals surface area contributed by atoms with Gasteiger partial charge in [0.1, 0.15) is 11.6 Å². The van der Waals surface area contributed by atoms with Crippen LogP contribution < -0.4 is 0 Å². The van der Waals surface area contributed by atoms with Crippen LogP contribution in [0.15, 0.2) is 36.4 Å². The van der Waals surface area contributed by atoms with Gasteiger partial charge in [-0.1, -0.05) is 37.6 Å². The Morgan fingerprint density at radius 2 is 1.90 bits per heavy atom. The number of Topliss-reactive ketones (excluding diaryl/α,β-unsaturated/α-hetero) is 1. The molecule has 4 heteroatoms. The zero-order valence-electron chi connectivity index (χ0n) is 12.3. The lowest BCUT2D eigenvalue weighted by Gasteiger charge is -2.13. The van der Waals surface area contributed by atoms with Gasteiger partial charge in [0.2, 0.25) is 0 Å². The molecule has 2 aromatic rings. The predicted molar refractivity (Wildman–Crippen MR) is 81.1 cm³/mol. The Morgan fingerprint density at radius 1 is 1.14 bits per heavy atom. The third-order valence-corrected chi connectivity index (χ3v) is 3.32. The van der Waals surface area contributed by atoms with E-state index in [1.165, 1.54) is 0 Å². The van der Waals surface area contributed by atoms with Gasteiger partial charge in [-0.3, -0.25) is 9.59 Å². The second-order valence-electron chi connectivity index (χ2n) is 4.85. The molecular weight excluding hydrogens is 266 g/mol. The Morgan fingerprint density at radius 3 is 2.62 bits per heavy atom. The fourth-order valence-electron chi connectivity index (χ4n) is 2.27. The largest absolute Gasteiger partial charge is 0.465 e. The monoisotopic (exact) mass is 285 g/mol. The lowest BCUT2D eigenvalue weighted by molar-refractivity contribution is -0.146. The minimum Gasteiger partial charge on any atom is -0.465 e. The van der Waals surface area contributed by atoms with Crippen LogP contribution in [0, 0.1) is 5.92 Å². The van der Waals surface area contributed by atoms with E-state index in [-0.39, 0.29) is 12.4 Å². The number of carbonyl (C=O) groups excluding carboxylic acids is 2. The van der Waals surface area contributed by atoms with Gasteiger partial charge in [-0.25, -0.2) is 4.98 Å². The number of hydrogen-bond acceptors (Lipinski definition) is 4. The van der Waals surface area contributed by atoms with Crippen LogP contribution in [0.2, 0.25) is 0 Å². The zero-order chi connectivity index (χ0) is 15.2. The first-order valence-electron chi connectivity index (χ1n) is 7.24. The van der Waals surface area contributed by atoms with E-state index in [0.717, 1.165) is 17.3 Å². The molecule has 0 bridgehead atoms. The maximum Gasteiger partial charge on any atom is 0.316 e. The van der Waals surface area contributed by atoms with E-state index in [2.05, 4.69) is 4.98 Å². The number of rotatable bonds is 6. The van der Waals surface area contributed by atoms with Crippen LogP contribution in [0.4, 0.5) is 0 Å². The van der Waals surface area contributed by atoms with E-state index < -0.39 is 11.9 Å².